The van der Waals surface area contributed by atoms with E-state index >= 15 is 0 Å². The van der Waals surface area contributed by atoms with Crippen molar-refractivity contribution in [2.45, 2.75) is 4.90 Å². The van der Waals surface area contributed by atoms with Gasteiger partial charge in [0.1, 0.15) is 5.75 Å². The largest absolute Gasteiger partial charge is 0.497 e. The van der Waals surface area contributed by atoms with E-state index in [1.165, 1.54) is 18.2 Å². The number of carbonyl (C=O) groups excluding carboxylic acids is 1. The molecule has 0 unspecified atom stereocenters. The number of primary sulfonamides is 1. The van der Waals surface area contributed by atoms with Crippen LogP contribution < -0.4 is 15.2 Å². The molecule has 2 aromatic carbocycles. The molecule has 3 N–H and O–H groups in total. The molecule has 23 heavy (non-hydrogen) atoms. The summed E-state index contributed by atoms with van der Waals surface area (Å²) in [6.07, 6.45) is 1.69. The van der Waals surface area contributed by atoms with Crippen molar-refractivity contribution in [2.24, 2.45) is 5.14 Å². The summed E-state index contributed by atoms with van der Waals surface area (Å²) in [7, 11) is -2.26. The third-order valence-corrected chi connectivity index (χ3v) is 4.44. The number of nitrogens with two attached hydrogens (primary N) is 1. The Kier molecular flexibility index (Phi) is 3.67. The van der Waals surface area contributed by atoms with E-state index < -0.39 is 10.0 Å². The Labute approximate surface area is 133 Å². The van der Waals surface area contributed by atoms with Crippen LogP contribution >= 0.6 is 0 Å². The topological polar surface area (TPSA) is 98.5 Å². The minimum absolute atomic E-state index is 0.0339. The molecule has 0 spiro atoms. The van der Waals surface area contributed by atoms with E-state index in [1.54, 1.807) is 37.5 Å². The predicted octanol–water partition coefficient (Wildman–Crippen LogP) is 1.84. The van der Waals surface area contributed by atoms with Gasteiger partial charge in [0.05, 0.1) is 12.0 Å². The van der Waals surface area contributed by atoms with Crippen LogP contribution in [0.1, 0.15) is 11.1 Å². The van der Waals surface area contributed by atoms with E-state index in [1.807, 2.05) is 0 Å². The van der Waals surface area contributed by atoms with Gasteiger partial charge in [-0.1, -0.05) is 12.1 Å². The van der Waals surface area contributed by atoms with Gasteiger partial charge in [-0.05, 0) is 42.0 Å². The summed E-state index contributed by atoms with van der Waals surface area (Å²) in [4.78, 5) is 12.1. The minimum atomic E-state index is -3.83. The predicted molar refractivity (Wildman–Crippen MR) is 87.3 cm³/mol. The lowest BCUT2D eigenvalue weighted by Crippen LogP contribution is -2.12. The molecule has 3 rings (SSSR count). The molecule has 0 fully saturated rings. The molecule has 2 aromatic rings. The van der Waals surface area contributed by atoms with E-state index in [4.69, 9.17) is 9.88 Å². The highest BCUT2D eigenvalue weighted by Crippen LogP contribution is 2.34. The molecule has 0 saturated heterocycles. The van der Waals surface area contributed by atoms with Gasteiger partial charge in [0.2, 0.25) is 10.0 Å². The van der Waals surface area contributed by atoms with Crippen LogP contribution in [0.15, 0.2) is 47.4 Å². The Morgan fingerprint density at radius 3 is 2.43 bits per heavy atom. The number of carbonyl (C=O) groups is 1. The smallest absolute Gasteiger partial charge is 0.256 e. The van der Waals surface area contributed by atoms with Gasteiger partial charge in [-0.2, -0.15) is 0 Å². The molecule has 118 valence electrons. The lowest BCUT2D eigenvalue weighted by molar-refractivity contribution is -0.110. The van der Waals surface area contributed by atoms with Crippen molar-refractivity contribution in [3.63, 3.8) is 0 Å². The third kappa shape index (κ3) is 2.96. The maximum atomic E-state index is 12.1. The van der Waals surface area contributed by atoms with Crippen molar-refractivity contribution in [3.05, 3.63) is 53.6 Å². The number of ether oxygens (including phenoxy) is 1. The number of hydrogen-bond donors (Lipinski definition) is 2. The zero-order valence-corrected chi connectivity index (χ0v) is 13.1. The summed E-state index contributed by atoms with van der Waals surface area (Å²) in [6, 6.07) is 11.5. The van der Waals surface area contributed by atoms with Gasteiger partial charge in [-0.25, -0.2) is 13.6 Å². The van der Waals surface area contributed by atoms with Crippen molar-refractivity contribution in [3.8, 4) is 5.75 Å². The molecule has 0 atom stereocenters. The van der Waals surface area contributed by atoms with Gasteiger partial charge in [-0.3, -0.25) is 4.79 Å². The average molecular weight is 330 g/mol. The molecule has 0 aliphatic carbocycles. The number of amides is 1. The molecule has 1 amide bonds. The fraction of sp³-hybridized carbons (Fsp3) is 0.0625. The van der Waals surface area contributed by atoms with Gasteiger partial charge in [-0.15, -0.1) is 0 Å². The number of anilines is 1. The van der Waals surface area contributed by atoms with Crippen LogP contribution in [-0.4, -0.2) is 21.4 Å². The van der Waals surface area contributed by atoms with E-state index in [2.05, 4.69) is 5.32 Å². The number of benzene rings is 2. The zero-order chi connectivity index (χ0) is 16.6. The van der Waals surface area contributed by atoms with Crippen LogP contribution in [0.3, 0.4) is 0 Å². The number of rotatable bonds is 3. The molecule has 6 nitrogen and oxygen atoms in total. The maximum Gasteiger partial charge on any atom is 0.256 e. The van der Waals surface area contributed by atoms with Crippen LogP contribution in [0.4, 0.5) is 5.69 Å². The van der Waals surface area contributed by atoms with E-state index in [0.717, 1.165) is 5.56 Å². The summed E-state index contributed by atoms with van der Waals surface area (Å²) in [5.41, 5.74) is 2.25. The quantitative estimate of drug-likeness (QED) is 0.839. The summed E-state index contributed by atoms with van der Waals surface area (Å²) >= 11 is 0. The Balaban J connectivity index is 2.07. The standard InChI is InChI=1S/C16H14N2O4S/c1-22-11-4-2-10(3-5-11)8-14-13-9-12(23(17,20)21)6-7-15(13)18-16(14)19/h2-9H,1H3,(H,18,19)(H2,17,20,21)/b14-8+. The van der Waals surface area contributed by atoms with Crippen molar-refractivity contribution >= 4 is 33.3 Å². The maximum absolute atomic E-state index is 12.1. The second-order valence-electron chi connectivity index (χ2n) is 5.04. The van der Waals surface area contributed by atoms with E-state index in [0.29, 0.717) is 22.6 Å². The first kappa shape index (κ1) is 15.3. The van der Waals surface area contributed by atoms with Crippen LogP contribution in [0, 0.1) is 0 Å². The summed E-state index contributed by atoms with van der Waals surface area (Å²) in [5, 5.41) is 7.85. The SMILES string of the molecule is COc1ccc(/C=C2/C(=O)Nc3ccc(S(N)(=O)=O)cc32)cc1. The van der Waals surface area contributed by atoms with E-state index in [-0.39, 0.29) is 10.8 Å². The molecule has 0 radical (unpaired) electrons. The molecule has 1 aliphatic rings. The first-order valence-corrected chi connectivity index (χ1v) is 8.27. The molecule has 0 bridgehead atoms. The summed E-state index contributed by atoms with van der Waals surface area (Å²) in [5.74, 6) is 0.419. The fourth-order valence-electron chi connectivity index (χ4n) is 2.35. The molecular weight excluding hydrogens is 316 g/mol. The minimum Gasteiger partial charge on any atom is -0.497 e. The van der Waals surface area contributed by atoms with Gasteiger partial charge in [0.15, 0.2) is 0 Å². The van der Waals surface area contributed by atoms with Crippen molar-refractivity contribution in [1.82, 2.24) is 0 Å². The molecule has 1 aliphatic heterocycles. The van der Waals surface area contributed by atoms with Crippen LogP contribution in [0.5, 0.6) is 5.75 Å². The Morgan fingerprint density at radius 2 is 1.83 bits per heavy atom. The van der Waals surface area contributed by atoms with E-state index in [9.17, 15) is 13.2 Å². The summed E-state index contributed by atoms with van der Waals surface area (Å²) < 4.78 is 28.1. The van der Waals surface area contributed by atoms with Crippen molar-refractivity contribution < 1.29 is 17.9 Å². The van der Waals surface area contributed by atoms with Crippen molar-refractivity contribution in [2.75, 3.05) is 12.4 Å². The average Bonchev–Trinajstić information content (AvgIpc) is 2.82. The zero-order valence-electron chi connectivity index (χ0n) is 12.2. The van der Waals surface area contributed by atoms with Crippen LogP contribution in [0.25, 0.3) is 11.6 Å². The Bertz CT molecular complexity index is 916. The Hall–Kier alpha value is -2.64. The van der Waals surface area contributed by atoms with Crippen LogP contribution in [0.2, 0.25) is 0 Å². The van der Waals surface area contributed by atoms with Gasteiger partial charge in [0, 0.05) is 16.8 Å². The number of nitrogens with one attached hydrogen (secondary N) is 1. The molecule has 1 heterocycles. The second-order valence-corrected chi connectivity index (χ2v) is 6.60. The van der Waals surface area contributed by atoms with Gasteiger partial charge < -0.3 is 10.1 Å². The first-order valence-electron chi connectivity index (χ1n) is 6.73. The number of methoxy groups -OCH3 is 1. The Morgan fingerprint density at radius 1 is 1.13 bits per heavy atom. The highest BCUT2D eigenvalue weighted by molar-refractivity contribution is 7.89. The highest BCUT2D eigenvalue weighted by Gasteiger charge is 2.25. The monoisotopic (exact) mass is 330 g/mol. The first-order chi connectivity index (χ1) is 10.9. The highest BCUT2D eigenvalue weighted by atomic mass is 32.2. The number of fused-ring (bicyclic) bond motifs is 1. The molecule has 0 saturated carbocycles. The van der Waals surface area contributed by atoms with Crippen molar-refractivity contribution in [1.29, 1.82) is 0 Å². The van der Waals surface area contributed by atoms with Gasteiger partial charge in [0.25, 0.3) is 5.91 Å². The van der Waals surface area contributed by atoms with Gasteiger partial charge >= 0.3 is 0 Å². The third-order valence-electron chi connectivity index (χ3n) is 3.53. The second kappa shape index (κ2) is 5.53. The lowest BCUT2D eigenvalue weighted by atomic mass is 10.0. The summed E-state index contributed by atoms with van der Waals surface area (Å²) in [6.45, 7) is 0. The molecular formula is C16H14N2O4S. The molecule has 0 aromatic heterocycles. The lowest BCUT2D eigenvalue weighted by Gasteiger charge is -2.03. The fourth-order valence-corrected chi connectivity index (χ4v) is 2.89. The number of hydrogen-bond acceptors (Lipinski definition) is 4. The normalized spacial score (nSPS) is 15.4. The molecule has 7 heteroatoms. The van der Waals surface area contributed by atoms with Crippen LogP contribution in [-0.2, 0) is 14.8 Å². The number of sulfonamides is 1.